The summed E-state index contributed by atoms with van der Waals surface area (Å²) in [5.74, 6) is -2.76. The monoisotopic (exact) mass is 482 g/mol. The van der Waals surface area contributed by atoms with E-state index < -0.39 is 34.8 Å². The van der Waals surface area contributed by atoms with Crippen LogP contribution >= 0.6 is 11.3 Å². The van der Waals surface area contributed by atoms with Crippen LogP contribution in [0, 0.1) is 5.92 Å². The molecular formula is C18H23BN4O7S2. The van der Waals surface area contributed by atoms with Crippen LogP contribution in [0.25, 0.3) is 0 Å². The lowest BCUT2D eigenvalue weighted by Gasteiger charge is -2.12. The van der Waals surface area contributed by atoms with Gasteiger partial charge >= 0.3 is 13.1 Å². The lowest BCUT2D eigenvalue weighted by atomic mass is 9.80. The number of aliphatic imine (C=N–C) groups is 1. The predicted octanol–water partition coefficient (Wildman–Crippen LogP) is -0.444. The van der Waals surface area contributed by atoms with Crippen molar-refractivity contribution in [1.82, 2.24) is 0 Å². The molecule has 2 rings (SSSR count). The lowest BCUT2D eigenvalue weighted by molar-refractivity contribution is -0.141. The number of ketones is 1. The summed E-state index contributed by atoms with van der Waals surface area (Å²) in [7, 11) is -5.98. The van der Waals surface area contributed by atoms with Gasteiger partial charge in [0.25, 0.3) is 10.0 Å². The van der Waals surface area contributed by atoms with E-state index in [4.69, 9.17) is 11.5 Å². The molecule has 0 spiro atoms. The van der Waals surface area contributed by atoms with E-state index >= 15 is 0 Å². The molecule has 14 heteroatoms. The highest BCUT2D eigenvalue weighted by Gasteiger charge is 2.26. The summed E-state index contributed by atoms with van der Waals surface area (Å²) in [5.41, 5.74) is 10.4. The Balaban J connectivity index is 2.14. The Labute approximate surface area is 189 Å². The SMILES string of the molecule is NC(N)=NCCC[C@H](CC(=O)c1sccc1NS(=O)(=O)c1cccc(B(O)O)c1)C(=O)O. The molecule has 0 saturated carbocycles. The Morgan fingerprint density at radius 3 is 2.56 bits per heavy atom. The molecule has 0 amide bonds. The van der Waals surface area contributed by atoms with E-state index in [2.05, 4.69) is 9.71 Å². The zero-order valence-corrected chi connectivity index (χ0v) is 18.5. The number of carbonyl (C=O) groups excluding carboxylic acids is 1. The number of hydrogen-bond acceptors (Lipinski definition) is 8. The third kappa shape index (κ3) is 7.05. The molecule has 1 heterocycles. The van der Waals surface area contributed by atoms with Gasteiger partial charge in [0.05, 0.1) is 21.4 Å². The largest absolute Gasteiger partial charge is 0.488 e. The Kier molecular flexibility index (Phi) is 8.77. The smallest absolute Gasteiger partial charge is 0.481 e. The molecule has 1 aromatic carbocycles. The first-order valence-corrected chi connectivity index (χ1v) is 11.8. The molecule has 0 aliphatic carbocycles. The number of thiophene rings is 1. The molecule has 0 saturated heterocycles. The Hall–Kier alpha value is -2.94. The number of nitrogens with zero attached hydrogens (tertiary/aromatic N) is 1. The molecule has 1 aromatic heterocycles. The van der Waals surface area contributed by atoms with E-state index in [1.165, 1.54) is 29.6 Å². The Bertz CT molecular complexity index is 1100. The Morgan fingerprint density at radius 2 is 1.94 bits per heavy atom. The number of Topliss-reactive ketones (excluding diaryl/α,β-unsaturated/α-hetero) is 1. The van der Waals surface area contributed by atoms with E-state index in [-0.39, 0.29) is 46.3 Å². The number of sulfonamides is 1. The molecule has 1 atom stereocenters. The van der Waals surface area contributed by atoms with Gasteiger partial charge in [0.15, 0.2) is 11.7 Å². The van der Waals surface area contributed by atoms with E-state index in [0.29, 0.717) is 6.42 Å². The van der Waals surface area contributed by atoms with Crippen LogP contribution in [0.1, 0.15) is 28.9 Å². The highest BCUT2D eigenvalue weighted by Crippen LogP contribution is 2.28. The zero-order valence-electron chi connectivity index (χ0n) is 16.8. The van der Waals surface area contributed by atoms with Crippen LogP contribution in [-0.4, -0.2) is 54.9 Å². The van der Waals surface area contributed by atoms with Crippen LogP contribution in [0.2, 0.25) is 0 Å². The normalized spacial score (nSPS) is 12.1. The highest BCUT2D eigenvalue weighted by atomic mass is 32.2. The second-order valence-electron chi connectivity index (χ2n) is 6.83. The molecular weight excluding hydrogens is 459 g/mol. The zero-order chi connectivity index (χ0) is 23.9. The second kappa shape index (κ2) is 11.1. The molecule has 2 aromatic rings. The van der Waals surface area contributed by atoms with Gasteiger partial charge < -0.3 is 26.6 Å². The topological polar surface area (TPSA) is 205 Å². The summed E-state index contributed by atoms with van der Waals surface area (Å²) < 4.78 is 27.7. The minimum absolute atomic E-state index is 0.0135. The van der Waals surface area contributed by atoms with Gasteiger partial charge in [-0.1, -0.05) is 12.1 Å². The van der Waals surface area contributed by atoms with Gasteiger partial charge in [0, 0.05) is 13.0 Å². The first kappa shape index (κ1) is 25.3. The van der Waals surface area contributed by atoms with Crippen LogP contribution in [0.3, 0.4) is 0 Å². The van der Waals surface area contributed by atoms with Crippen molar-refractivity contribution in [2.45, 2.75) is 24.2 Å². The van der Waals surface area contributed by atoms with Crippen molar-refractivity contribution >= 4 is 57.3 Å². The first-order valence-electron chi connectivity index (χ1n) is 9.39. The second-order valence-corrected chi connectivity index (χ2v) is 9.42. The molecule has 32 heavy (non-hydrogen) atoms. The standard InChI is InChI=1S/C18H23BN4O7S2/c20-18(21)22-7-2-3-11(17(25)26)9-15(24)16-14(6-8-31-16)23-32(29,30)13-5-1-4-12(10-13)19(27)28/h1,4-6,8,10-11,23,27-28H,2-3,7,9H2,(H,25,26)(H4,20,21,22)/t11-/m1/s1. The van der Waals surface area contributed by atoms with Gasteiger partial charge in [-0.2, -0.15) is 0 Å². The average molecular weight is 482 g/mol. The molecule has 172 valence electrons. The summed E-state index contributed by atoms with van der Waals surface area (Å²) in [6, 6.07) is 6.46. The van der Waals surface area contributed by atoms with Gasteiger partial charge in [-0.15, -0.1) is 11.3 Å². The van der Waals surface area contributed by atoms with Crippen molar-refractivity contribution in [3.05, 3.63) is 40.6 Å². The van der Waals surface area contributed by atoms with E-state index in [1.807, 2.05) is 0 Å². The van der Waals surface area contributed by atoms with Gasteiger partial charge in [0.1, 0.15) is 0 Å². The van der Waals surface area contributed by atoms with Crippen LogP contribution in [0.4, 0.5) is 5.69 Å². The lowest BCUT2D eigenvalue weighted by Crippen LogP contribution is -2.30. The summed E-state index contributed by atoms with van der Waals surface area (Å²) in [6.45, 7) is 0.228. The number of aliphatic carboxylic acids is 1. The van der Waals surface area contributed by atoms with Crippen LogP contribution < -0.4 is 21.7 Å². The number of nitrogens with two attached hydrogens (primary N) is 2. The summed E-state index contributed by atoms with van der Waals surface area (Å²) in [4.78, 5) is 27.9. The maximum Gasteiger partial charge on any atom is 0.488 e. The maximum absolute atomic E-state index is 12.7. The predicted molar refractivity (Wildman–Crippen MR) is 121 cm³/mol. The quantitative estimate of drug-likeness (QED) is 0.0761. The van der Waals surface area contributed by atoms with Gasteiger partial charge in [-0.25, -0.2) is 8.42 Å². The molecule has 8 N–H and O–H groups in total. The maximum atomic E-state index is 12.7. The number of carbonyl (C=O) groups is 2. The van der Waals surface area contributed by atoms with E-state index in [1.54, 1.807) is 0 Å². The van der Waals surface area contributed by atoms with Crippen molar-refractivity contribution in [3.8, 4) is 0 Å². The fourth-order valence-electron chi connectivity index (χ4n) is 2.83. The molecule has 0 aliphatic rings. The Morgan fingerprint density at radius 1 is 1.22 bits per heavy atom. The average Bonchev–Trinajstić information content (AvgIpc) is 3.17. The van der Waals surface area contributed by atoms with Crippen molar-refractivity contribution in [2.24, 2.45) is 22.4 Å². The van der Waals surface area contributed by atoms with Crippen molar-refractivity contribution in [2.75, 3.05) is 11.3 Å². The minimum Gasteiger partial charge on any atom is -0.481 e. The van der Waals surface area contributed by atoms with Gasteiger partial charge in [0.2, 0.25) is 0 Å². The fraction of sp³-hybridized carbons (Fsp3) is 0.278. The third-order valence-electron chi connectivity index (χ3n) is 4.42. The van der Waals surface area contributed by atoms with Gasteiger partial charge in [-0.3, -0.25) is 19.3 Å². The van der Waals surface area contributed by atoms with Crippen LogP contribution in [0.15, 0.2) is 45.6 Å². The number of hydrogen-bond donors (Lipinski definition) is 6. The molecule has 0 unspecified atom stereocenters. The number of benzene rings is 1. The van der Waals surface area contributed by atoms with Crippen LogP contribution in [0.5, 0.6) is 0 Å². The molecule has 11 nitrogen and oxygen atoms in total. The minimum atomic E-state index is -4.14. The van der Waals surface area contributed by atoms with E-state index in [0.717, 1.165) is 17.4 Å². The number of rotatable bonds is 12. The van der Waals surface area contributed by atoms with Crippen molar-refractivity contribution in [3.63, 3.8) is 0 Å². The molecule has 0 radical (unpaired) electrons. The third-order valence-corrected chi connectivity index (χ3v) is 6.73. The number of guanidine groups is 1. The number of carboxylic acids is 1. The summed E-state index contributed by atoms with van der Waals surface area (Å²) >= 11 is 0.983. The van der Waals surface area contributed by atoms with E-state index in [9.17, 15) is 33.2 Å². The summed E-state index contributed by atoms with van der Waals surface area (Å²) in [6.07, 6.45) is 0.207. The number of anilines is 1. The first-order chi connectivity index (χ1) is 15.0. The molecule has 0 bridgehead atoms. The highest BCUT2D eigenvalue weighted by molar-refractivity contribution is 7.92. The number of carboxylic acid groups (broad SMARTS) is 1. The molecule has 0 aliphatic heterocycles. The van der Waals surface area contributed by atoms with Crippen LogP contribution in [-0.2, 0) is 14.8 Å². The van der Waals surface area contributed by atoms with Crippen molar-refractivity contribution in [1.29, 1.82) is 0 Å². The molecule has 0 fully saturated rings. The number of nitrogens with one attached hydrogen (secondary N) is 1. The van der Waals surface area contributed by atoms with Crippen molar-refractivity contribution < 1.29 is 33.2 Å². The fourth-order valence-corrected chi connectivity index (χ4v) is 4.82. The van der Waals surface area contributed by atoms with Gasteiger partial charge in [-0.05, 0) is 41.9 Å². The summed E-state index contributed by atoms with van der Waals surface area (Å²) in [5, 5.41) is 29.4.